The molecule has 0 spiro atoms. The third kappa shape index (κ3) is 4.32. The number of hydrogen-bond donors (Lipinski definition) is 1. The third-order valence-electron chi connectivity index (χ3n) is 6.70. The van der Waals surface area contributed by atoms with Crippen LogP contribution in [-0.2, 0) is 4.74 Å². The molecular weight excluding hydrogens is 440 g/mol. The number of alkyl carbamates (subject to hydrolysis) is 1. The van der Waals surface area contributed by atoms with Crippen LogP contribution in [0.15, 0.2) is 72.8 Å². The van der Waals surface area contributed by atoms with E-state index in [4.69, 9.17) is 4.74 Å². The molecule has 2 aliphatic rings. The standard InChI is InChI=1S/C29H28N2O4/c1-18(2)15-19(16-31-27(32)24-13-7-8-14-25(24)28(31)33)30-29(34)35-17-26-22-11-5-3-9-20(22)21-10-4-6-12-23(21)26/h3-14,18-19,26H,15-17H2,1-2H3,(H,30,34)/t19-/m0/s1. The fourth-order valence-electron chi connectivity index (χ4n) is 5.18. The zero-order chi connectivity index (χ0) is 24.5. The fourth-order valence-corrected chi connectivity index (χ4v) is 5.18. The first kappa shape index (κ1) is 22.8. The summed E-state index contributed by atoms with van der Waals surface area (Å²) in [4.78, 5) is 39.7. The van der Waals surface area contributed by atoms with Crippen LogP contribution in [0.2, 0.25) is 0 Å². The predicted molar refractivity (Wildman–Crippen MR) is 133 cm³/mol. The lowest BCUT2D eigenvalue weighted by Crippen LogP contribution is -2.46. The summed E-state index contributed by atoms with van der Waals surface area (Å²) in [5.74, 6) is -0.431. The van der Waals surface area contributed by atoms with Crippen LogP contribution >= 0.6 is 0 Å². The molecule has 1 aliphatic carbocycles. The van der Waals surface area contributed by atoms with Gasteiger partial charge in [-0.3, -0.25) is 14.5 Å². The van der Waals surface area contributed by atoms with Crippen LogP contribution in [0.4, 0.5) is 4.79 Å². The van der Waals surface area contributed by atoms with Gasteiger partial charge in [0, 0.05) is 12.5 Å². The van der Waals surface area contributed by atoms with Crippen molar-refractivity contribution in [3.63, 3.8) is 0 Å². The van der Waals surface area contributed by atoms with Gasteiger partial charge in [-0.2, -0.15) is 0 Å². The average Bonchev–Trinajstić information content (AvgIpc) is 3.30. The molecule has 1 aliphatic heterocycles. The van der Waals surface area contributed by atoms with Crippen molar-refractivity contribution < 1.29 is 19.1 Å². The van der Waals surface area contributed by atoms with E-state index < -0.39 is 12.1 Å². The Morgan fingerprint density at radius 2 is 1.31 bits per heavy atom. The van der Waals surface area contributed by atoms with Gasteiger partial charge in [-0.05, 0) is 46.7 Å². The van der Waals surface area contributed by atoms with Gasteiger partial charge in [0.2, 0.25) is 0 Å². The second kappa shape index (κ2) is 9.37. The molecule has 0 aromatic heterocycles. The number of hydrogen-bond acceptors (Lipinski definition) is 4. The van der Waals surface area contributed by atoms with Crippen LogP contribution in [-0.4, -0.2) is 42.0 Å². The number of benzene rings is 3. The van der Waals surface area contributed by atoms with Gasteiger partial charge in [0.25, 0.3) is 11.8 Å². The van der Waals surface area contributed by atoms with Crippen LogP contribution in [0.5, 0.6) is 0 Å². The van der Waals surface area contributed by atoms with E-state index in [2.05, 4.69) is 29.6 Å². The molecule has 6 heteroatoms. The van der Waals surface area contributed by atoms with E-state index in [1.807, 2.05) is 38.1 Å². The number of imide groups is 1. The van der Waals surface area contributed by atoms with E-state index >= 15 is 0 Å². The number of rotatable bonds is 7. The largest absolute Gasteiger partial charge is 0.449 e. The number of nitrogens with zero attached hydrogens (tertiary/aromatic N) is 1. The first-order valence-electron chi connectivity index (χ1n) is 12.0. The molecule has 0 unspecified atom stereocenters. The molecule has 3 aromatic rings. The van der Waals surface area contributed by atoms with Crippen LogP contribution in [0, 0.1) is 5.92 Å². The topological polar surface area (TPSA) is 75.7 Å². The molecule has 35 heavy (non-hydrogen) atoms. The lowest BCUT2D eigenvalue weighted by Gasteiger charge is -2.25. The number of carbonyl (C=O) groups excluding carboxylic acids is 3. The van der Waals surface area contributed by atoms with Crippen LogP contribution in [0.25, 0.3) is 11.1 Å². The number of nitrogens with one attached hydrogen (secondary N) is 1. The van der Waals surface area contributed by atoms with E-state index in [-0.39, 0.29) is 36.8 Å². The zero-order valence-electron chi connectivity index (χ0n) is 19.9. The van der Waals surface area contributed by atoms with Crippen LogP contribution < -0.4 is 5.32 Å². The summed E-state index contributed by atoms with van der Waals surface area (Å²) >= 11 is 0. The van der Waals surface area contributed by atoms with E-state index in [0.717, 1.165) is 11.1 Å². The normalized spacial score (nSPS) is 15.1. The molecule has 0 radical (unpaired) electrons. The summed E-state index contributed by atoms with van der Waals surface area (Å²) in [5.41, 5.74) is 5.43. The van der Waals surface area contributed by atoms with Crippen molar-refractivity contribution in [2.45, 2.75) is 32.2 Å². The van der Waals surface area contributed by atoms with Gasteiger partial charge in [-0.15, -0.1) is 0 Å². The highest BCUT2D eigenvalue weighted by Crippen LogP contribution is 2.44. The van der Waals surface area contributed by atoms with Gasteiger partial charge < -0.3 is 10.1 Å². The minimum absolute atomic E-state index is 0.0343. The molecule has 178 valence electrons. The molecule has 3 amide bonds. The Balaban J connectivity index is 1.27. The minimum atomic E-state index is -0.547. The third-order valence-corrected chi connectivity index (χ3v) is 6.70. The molecule has 0 fully saturated rings. The van der Waals surface area contributed by atoms with Crippen molar-refractivity contribution in [3.8, 4) is 11.1 Å². The highest BCUT2D eigenvalue weighted by atomic mass is 16.5. The average molecular weight is 469 g/mol. The molecule has 1 atom stereocenters. The van der Waals surface area contributed by atoms with Crippen molar-refractivity contribution in [1.29, 1.82) is 0 Å². The Labute approximate surface area is 204 Å². The number of fused-ring (bicyclic) bond motifs is 4. The minimum Gasteiger partial charge on any atom is -0.449 e. The van der Waals surface area contributed by atoms with Crippen LogP contribution in [0.3, 0.4) is 0 Å². The Morgan fingerprint density at radius 1 is 0.829 bits per heavy atom. The van der Waals surface area contributed by atoms with Gasteiger partial charge >= 0.3 is 6.09 Å². The van der Waals surface area contributed by atoms with E-state index in [1.165, 1.54) is 16.0 Å². The number of ether oxygens (including phenoxy) is 1. The van der Waals surface area contributed by atoms with Crippen molar-refractivity contribution in [2.24, 2.45) is 5.92 Å². The quantitative estimate of drug-likeness (QED) is 0.482. The molecule has 1 heterocycles. The number of carbonyl (C=O) groups is 3. The van der Waals surface area contributed by atoms with Crippen molar-refractivity contribution in [1.82, 2.24) is 10.2 Å². The van der Waals surface area contributed by atoms with Crippen molar-refractivity contribution >= 4 is 17.9 Å². The molecule has 0 bridgehead atoms. The van der Waals surface area contributed by atoms with Crippen LogP contribution in [0.1, 0.15) is 58.0 Å². The monoisotopic (exact) mass is 468 g/mol. The SMILES string of the molecule is CC(C)C[C@@H](CN1C(=O)c2ccccc2C1=O)NC(=O)OCC1c2ccccc2-c2ccccc21. The smallest absolute Gasteiger partial charge is 0.407 e. The molecule has 0 saturated heterocycles. The fraction of sp³-hybridized carbons (Fsp3) is 0.276. The second-order valence-corrected chi connectivity index (χ2v) is 9.56. The first-order valence-corrected chi connectivity index (χ1v) is 12.0. The summed E-state index contributed by atoms with van der Waals surface area (Å²) in [6.07, 6.45) is 0.0616. The summed E-state index contributed by atoms with van der Waals surface area (Å²) in [5, 5.41) is 2.91. The summed E-state index contributed by atoms with van der Waals surface area (Å²) in [6.45, 7) is 4.39. The van der Waals surface area contributed by atoms with Gasteiger partial charge in [0.1, 0.15) is 6.61 Å². The molecule has 0 saturated carbocycles. The Bertz CT molecular complexity index is 1220. The highest BCUT2D eigenvalue weighted by molar-refractivity contribution is 6.21. The maximum atomic E-state index is 12.8. The molecule has 6 nitrogen and oxygen atoms in total. The van der Waals surface area contributed by atoms with Gasteiger partial charge in [0.15, 0.2) is 0 Å². The maximum absolute atomic E-state index is 12.8. The lowest BCUT2D eigenvalue weighted by molar-refractivity contribution is 0.0627. The zero-order valence-corrected chi connectivity index (χ0v) is 19.9. The number of amides is 3. The Morgan fingerprint density at radius 3 is 1.83 bits per heavy atom. The van der Waals surface area contributed by atoms with Crippen molar-refractivity contribution in [2.75, 3.05) is 13.2 Å². The predicted octanol–water partition coefficient (Wildman–Crippen LogP) is 5.24. The van der Waals surface area contributed by atoms with Gasteiger partial charge in [-0.25, -0.2) is 4.79 Å². The van der Waals surface area contributed by atoms with E-state index in [1.54, 1.807) is 24.3 Å². The molecular formula is C29H28N2O4. The molecule has 3 aromatic carbocycles. The second-order valence-electron chi connectivity index (χ2n) is 9.56. The highest BCUT2D eigenvalue weighted by Gasteiger charge is 2.37. The van der Waals surface area contributed by atoms with Crippen molar-refractivity contribution in [3.05, 3.63) is 95.1 Å². The van der Waals surface area contributed by atoms with Gasteiger partial charge in [0.05, 0.1) is 17.2 Å². The van der Waals surface area contributed by atoms with Gasteiger partial charge in [-0.1, -0.05) is 74.5 Å². The van der Waals surface area contributed by atoms with E-state index in [0.29, 0.717) is 17.5 Å². The molecule has 5 rings (SSSR count). The van der Waals surface area contributed by atoms with E-state index in [9.17, 15) is 14.4 Å². The molecule has 1 N–H and O–H groups in total. The summed E-state index contributed by atoms with van der Waals surface area (Å²) < 4.78 is 5.69. The summed E-state index contributed by atoms with van der Waals surface area (Å²) in [6, 6.07) is 22.8. The lowest BCUT2D eigenvalue weighted by atomic mass is 9.98. The summed E-state index contributed by atoms with van der Waals surface area (Å²) in [7, 11) is 0. The Kier molecular flexibility index (Phi) is 6.12. The first-order chi connectivity index (χ1) is 16.9. The Hall–Kier alpha value is -3.93. The maximum Gasteiger partial charge on any atom is 0.407 e.